The fourth-order valence-corrected chi connectivity index (χ4v) is 3.86. The van der Waals surface area contributed by atoms with Crippen LogP contribution in [0.3, 0.4) is 0 Å². The summed E-state index contributed by atoms with van der Waals surface area (Å²) in [4.78, 5) is 47.7. The van der Waals surface area contributed by atoms with Crippen LogP contribution in [0.2, 0.25) is 0 Å². The minimum atomic E-state index is -0.400. The second kappa shape index (κ2) is 7.90. The molecule has 3 aromatic rings. The highest BCUT2D eigenvalue weighted by Crippen LogP contribution is 2.28. The predicted molar refractivity (Wildman–Crippen MR) is 109 cm³/mol. The van der Waals surface area contributed by atoms with Crippen LogP contribution in [0, 0.1) is 0 Å². The van der Waals surface area contributed by atoms with Crippen LogP contribution in [0.25, 0.3) is 10.9 Å². The highest BCUT2D eigenvalue weighted by molar-refractivity contribution is 5.92. The zero-order valence-electron chi connectivity index (χ0n) is 16.1. The van der Waals surface area contributed by atoms with Crippen molar-refractivity contribution in [1.82, 2.24) is 25.2 Å². The number of nitrogens with one attached hydrogen (secondary N) is 3. The number of H-pyrrole nitrogens is 2. The summed E-state index contributed by atoms with van der Waals surface area (Å²) in [5, 5.41) is 4.00. The molecule has 3 N–H and O–H groups in total. The van der Waals surface area contributed by atoms with Crippen molar-refractivity contribution in [2.45, 2.75) is 31.7 Å². The first-order valence-electron chi connectivity index (χ1n) is 9.70. The Balaban J connectivity index is 1.34. The quantitative estimate of drug-likeness (QED) is 0.613. The molecule has 8 nitrogen and oxygen atoms in total. The van der Waals surface area contributed by atoms with Crippen LogP contribution >= 0.6 is 0 Å². The SMILES string of the molecule is CC(CC(=O)N1CCC(NC(=O)c2cc(=O)[nH]cn2)C1)c1c[nH]c2ccccc12. The van der Waals surface area contributed by atoms with Gasteiger partial charge in [0, 0.05) is 48.7 Å². The Kier molecular flexibility index (Phi) is 5.16. The summed E-state index contributed by atoms with van der Waals surface area (Å²) in [6, 6.07) is 9.09. The number of likely N-dealkylation sites (tertiary alicyclic amines) is 1. The van der Waals surface area contributed by atoms with E-state index in [4.69, 9.17) is 0 Å². The third-order valence-corrected chi connectivity index (χ3v) is 5.42. The van der Waals surface area contributed by atoms with Crippen LogP contribution in [-0.2, 0) is 4.79 Å². The lowest BCUT2D eigenvalue weighted by atomic mass is 9.96. The minimum absolute atomic E-state index is 0.0754. The lowest BCUT2D eigenvalue weighted by molar-refractivity contribution is -0.130. The zero-order chi connectivity index (χ0) is 20.4. The maximum absolute atomic E-state index is 12.8. The Morgan fingerprint density at radius 1 is 1.31 bits per heavy atom. The highest BCUT2D eigenvalue weighted by atomic mass is 16.2. The Bertz CT molecular complexity index is 1100. The molecule has 0 bridgehead atoms. The predicted octanol–water partition coefficient (Wildman–Crippen LogP) is 1.78. The molecule has 2 amide bonds. The van der Waals surface area contributed by atoms with Gasteiger partial charge in [-0.3, -0.25) is 14.4 Å². The van der Waals surface area contributed by atoms with Crippen molar-refractivity contribution in [3.8, 4) is 0 Å². The first-order valence-corrected chi connectivity index (χ1v) is 9.70. The number of aromatic amines is 2. The number of aromatic nitrogens is 3. The van der Waals surface area contributed by atoms with E-state index in [2.05, 4.69) is 33.3 Å². The van der Waals surface area contributed by atoms with Crippen molar-refractivity contribution < 1.29 is 9.59 Å². The number of rotatable bonds is 5. The summed E-state index contributed by atoms with van der Waals surface area (Å²) in [6.07, 6.45) is 4.28. The number of amides is 2. The number of benzene rings is 1. The molecule has 2 unspecified atom stereocenters. The summed E-state index contributed by atoms with van der Waals surface area (Å²) in [6.45, 7) is 3.13. The Labute approximate surface area is 167 Å². The molecule has 3 heterocycles. The average molecular weight is 393 g/mol. The minimum Gasteiger partial charge on any atom is -0.361 e. The van der Waals surface area contributed by atoms with Crippen LogP contribution in [0.4, 0.5) is 0 Å². The van der Waals surface area contributed by atoms with E-state index in [1.54, 1.807) is 4.90 Å². The van der Waals surface area contributed by atoms with E-state index >= 15 is 0 Å². The van der Waals surface area contributed by atoms with Gasteiger partial charge in [0.1, 0.15) is 5.69 Å². The van der Waals surface area contributed by atoms with Crippen molar-refractivity contribution >= 4 is 22.7 Å². The summed E-state index contributed by atoms with van der Waals surface area (Å²) in [5.74, 6) is -0.232. The van der Waals surface area contributed by atoms with Crippen molar-refractivity contribution in [3.05, 3.63) is 64.5 Å². The van der Waals surface area contributed by atoms with Gasteiger partial charge in [-0.15, -0.1) is 0 Å². The normalized spacial score (nSPS) is 17.4. The smallest absolute Gasteiger partial charge is 0.270 e. The number of fused-ring (bicyclic) bond motifs is 1. The monoisotopic (exact) mass is 393 g/mol. The van der Waals surface area contributed by atoms with E-state index in [-0.39, 0.29) is 29.1 Å². The fourth-order valence-electron chi connectivity index (χ4n) is 3.86. The molecule has 0 radical (unpaired) electrons. The lowest BCUT2D eigenvalue weighted by Gasteiger charge is -2.19. The van der Waals surface area contributed by atoms with Gasteiger partial charge in [-0.2, -0.15) is 0 Å². The van der Waals surface area contributed by atoms with Gasteiger partial charge in [0.05, 0.1) is 6.33 Å². The second-order valence-electron chi connectivity index (χ2n) is 7.49. The molecule has 150 valence electrons. The summed E-state index contributed by atoms with van der Waals surface area (Å²) in [7, 11) is 0. The molecule has 1 saturated heterocycles. The van der Waals surface area contributed by atoms with E-state index in [0.29, 0.717) is 25.9 Å². The van der Waals surface area contributed by atoms with Crippen LogP contribution in [-0.4, -0.2) is 50.8 Å². The molecular formula is C21H23N5O3. The van der Waals surface area contributed by atoms with Gasteiger partial charge in [0.2, 0.25) is 5.91 Å². The molecule has 4 rings (SSSR count). The van der Waals surface area contributed by atoms with E-state index in [1.165, 1.54) is 6.33 Å². The third kappa shape index (κ3) is 4.06. The van der Waals surface area contributed by atoms with Crippen molar-refractivity contribution in [3.63, 3.8) is 0 Å². The molecule has 1 aliphatic heterocycles. The van der Waals surface area contributed by atoms with Crippen LogP contribution in [0.1, 0.15) is 41.7 Å². The van der Waals surface area contributed by atoms with Gasteiger partial charge in [-0.1, -0.05) is 25.1 Å². The summed E-state index contributed by atoms with van der Waals surface area (Å²) < 4.78 is 0. The number of hydrogen-bond acceptors (Lipinski definition) is 4. The average Bonchev–Trinajstić information content (AvgIpc) is 3.35. The van der Waals surface area contributed by atoms with Gasteiger partial charge in [0.25, 0.3) is 11.5 Å². The van der Waals surface area contributed by atoms with E-state index in [1.807, 2.05) is 24.4 Å². The largest absolute Gasteiger partial charge is 0.361 e. The molecule has 0 spiro atoms. The van der Waals surface area contributed by atoms with E-state index in [9.17, 15) is 14.4 Å². The van der Waals surface area contributed by atoms with Crippen LogP contribution < -0.4 is 10.9 Å². The van der Waals surface area contributed by atoms with Gasteiger partial charge in [-0.05, 0) is 24.0 Å². The Hall–Kier alpha value is -3.42. The van der Waals surface area contributed by atoms with Crippen molar-refractivity contribution in [1.29, 1.82) is 0 Å². The number of nitrogens with zero attached hydrogens (tertiary/aromatic N) is 2. The number of para-hydroxylation sites is 1. The lowest BCUT2D eigenvalue weighted by Crippen LogP contribution is -2.39. The van der Waals surface area contributed by atoms with Crippen molar-refractivity contribution in [2.75, 3.05) is 13.1 Å². The molecule has 1 fully saturated rings. The van der Waals surface area contributed by atoms with E-state index < -0.39 is 5.91 Å². The van der Waals surface area contributed by atoms with Gasteiger partial charge >= 0.3 is 0 Å². The van der Waals surface area contributed by atoms with Crippen molar-refractivity contribution in [2.24, 2.45) is 0 Å². The molecular weight excluding hydrogens is 370 g/mol. The first-order chi connectivity index (χ1) is 14.0. The molecule has 2 aromatic heterocycles. The molecule has 1 aromatic carbocycles. The Morgan fingerprint density at radius 2 is 2.14 bits per heavy atom. The van der Waals surface area contributed by atoms with Gasteiger partial charge in [0.15, 0.2) is 0 Å². The zero-order valence-corrected chi connectivity index (χ0v) is 16.1. The molecule has 29 heavy (non-hydrogen) atoms. The maximum atomic E-state index is 12.8. The standard InChI is InChI=1S/C21H23N5O3/c1-13(16-10-22-17-5-3-2-4-15(16)17)8-20(28)26-7-6-14(11-26)25-21(29)18-9-19(27)24-12-23-18/h2-5,9-10,12-14,22H,6-8,11H2,1H3,(H,25,29)(H,23,24,27). The topological polar surface area (TPSA) is 111 Å². The molecule has 0 saturated carbocycles. The maximum Gasteiger partial charge on any atom is 0.270 e. The molecule has 2 atom stereocenters. The molecule has 0 aliphatic carbocycles. The molecule has 1 aliphatic rings. The summed E-state index contributed by atoms with van der Waals surface area (Å²) >= 11 is 0. The highest BCUT2D eigenvalue weighted by Gasteiger charge is 2.29. The van der Waals surface area contributed by atoms with Gasteiger partial charge in [-0.25, -0.2) is 4.98 Å². The summed E-state index contributed by atoms with van der Waals surface area (Å²) in [5.41, 5.74) is 1.91. The first kappa shape index (κ1) is 18.9. The second-order valence-corrected chi connectivity index (χ2v) is 7.49. The van der Waals surface area contributed by atoms with E-state index in [0.717, 1.165) is 22.5 Å². The third-order valence-electron chi connectivity index (χ3n) is 5.42. The fraction of sp³-hybridized carbons (Fsp3) is 0.333. The number of hydrogen-bond donors (Lipinski definition) is 3. The Morgan fingerprint density at radius 3 is 2.97 bits per heavy atom. The number of carbonyl (C=O) groups excluding carboxylic acids is 2. The molecule has 8 heteroatoms. The van der Waals surface area contributed by atoms with Crippen LogP contribution in [0.15, 0.2) is 47.7 Å². The van der Waals surface area contributed by atoms with Crippen LogP contribution in [0.5, 0.6) is 0 Å². The van der Waals surface area contributed by atoms with Gasteiger partial charge < -0.3 is 20.2 Å². The number of carbonyl (C=O) groups is 2.